The van der Waals surface area contributed by atoms with Crippen molar-refractivity contribution in [2.24, 2.45) is 0 Å². The van der Waals surface area contributed by atoms with Crippen LogP contribution in [0.4, 0.5) is 39.5 Å². The average Bonchev–Trinajstić information content (AvgIpc) is 2.24. The third-order valence-electron chi connectivity index (χ3n) is 1.85. The monoisotopic (exact) mass is 328 g/mol. The first kappa shape index (κ1) is 17.2. The molecule has 0 radical (unpaired) electrons. The minimum Gasteiger partial charge on any atom is -0.478 e. The van der Waals surface area contributed by atoms with Gasteiger partial charge in [-0.2, -0.15) is 30.7 Å². The van der Waals surface area contributed by atoms with Crippen LogP contribution in [0.15, 0.2) is 6.07 Å². The Balaban J connectivity index is 3.04. The molecular formula is C10H5F9O2. The van der Waals surface area contributed by atoms with E-state index >= 15 is 0 Å². The fraction of sp³-hybridized carbons (Fsp3) is 0.400. The molecule has 120 valence electrons. The topological polar surface area (TPSA) is 18.5 Å². The number of halogens is 9. The Hall–Kier alpha value is -1.81. The Morgan fingerprint density at radius 1 is 0.714 bits per heavy atom. The lowest BCUT2D eigenvalue weighted by atomic mass is 10.2. The van der Waals surface area contributed by atoms with E-state index in [0.29, 0.717) is 0 Å². The Bertz CT molecular complexity index is 464. The molecule has 1 aromatic rings. The molecule has 0 aliphatic rings. The van der Waals surface area contributed by atoms with E-state index in [1.807, 2.05) is 0 Å². The second kappa shape index (κ2) is 5.90. The van der Waals surface area contributed by atoms with E-state index < -0.39 is 54.5 Å². The van der Waals surface area contributed by atoms with Crippen molar-refractivity contribution >= 4 is 0 Å². The highest BCUT2D eigenvalue weighted by molar-refractivity contribution is 5.38. The number of hydrogen-bond donors (Lipinski definition) is 0. The molecule has 0 aliphatic heterocycles. The van der Waals surface area contributed by atoms with Crippen LogP contribution in [0, 0.1) is 17.5 Å². The Morgan fingerprint density at radius 2 is 1.05 bits per heavy atom. The van der Waals surface area contributed by atoms with Gasteiger partial charge in [-0.1, -0.05) is 0 Å². The second-order valence-corrected chi connectivity index (χ2v) is 3.62. The van der Waals surface area contributed by atoms with E-state index in [2.05, 4.69) is 9.47 Å². The summed E-state index contributed by atoms with van der Waals surface area (Å²) in [5.74, 6) is -9.22. The largest absolute Gasteiger partial charge is 0.478 e. The molecule has 21 heavy (non-hydrogen) atoms. The molecule has 0 heterocycles. The van der Waals surface area contributed by atoms with Crippen molar-refractivity contribution < 1.29 is 49.0 Å². The summed E-state index contributed by atoms with van der Waals surface area (Å²) in [5.41, 5.74) is 0. The summed E-state index contributed by atoms with van der Waals surface area (Å²) in [6, 6.07) is -0.152. The van der Waals surface area contributed by atoms with Crippen molar-refractivity contribution in [3.8, 4) is 11.5 Å². The molecular weight excluding hydrogens is 323 g/mol. The Labute approximate surface area is 111 Å². The molecule has 2 nitrogen and oxygen atoms in total. The lowest BCUT2D eigenvalue weighted by Gasteiger charge is -2.15. The summed E-state index contributed by atoms with van der Waals surface area (Å²) >= 11 is 0. The fourth-order valence-corrected chi connectivity index (χ4v) is 1.13. The predicted molar refractivity (Wildman–Crippen MR) is 49.4 cm³/mol. The highest BCUT2D eigenvalue weighted by atomic mass is 19.4. The second-order valence-electron chi connectivity index (χ2n) is 3.62. The number of alkyl halides is 6. The lowest BCUT2D eigenvalue weighted by Crippen LogP contribution is -2.22. The van der Waals surface area contributed by atoms with Crippen molar-refractivity contribution in [3.63, 3.8) is 0 Å². The van der Waals surface area contributed by atoms with E-state index in [1.165, 1.54) is 0 Å². The van der Waals surface area contributed by atoms with E-state index in [4.69, 9.17) is 0 Å². The molecule has 0 aliphatic carbocycles. The van der Waals surface area contributed by atoms with Crippen molar-refractivity contribution in [2.45, 2.75) is 12.4 Å². The van der Waals surface area contributed by atoms with Gasteiger partial charge < -0.3 is 9.47 Å². The van der Waals surface area contributed by atoms with Crippen molar-refractivity contribution in [1.82, 2.24) is 0 Å². The summed E-state index contributed by atoms with van der Waals surface area (Å²) < 4.78 is 118. The Kier molecular flexibility index (Phi) is 4.84. The maximum atomic E-state index is 13.5. The van der Waals surface area contributed by atoms with Crippen LogP contribution in [-0.4, -0.2) is 25.6 Å². The fourth-order valence-electron chi connectivity index (χ4n) is 1.13. The van der Waals surface area contributed by atoms with E-state index in [9.17, 15) is 39.5 Å². The van der Waals surface area contributed by atoms with Gasteiger partial charge in [0.1, 0.15) is 0 Å². The molecule has 0 atom stereocenters. The zero-order chi connectivity index (χ0) is 16.4. The van der Waals surface area contributed by atoms with Crippen LogP contribution in [-0.2, 0) is 0 Å². The van der Waals surface area contributed by atoms with E-state index in [-0.39, 0.29) is 6.07 Å². The van der Waals surface area contributed by atoms with E-state index in [0.717, 1.165) is 0 Å². The van der Waals surface area contributed by atoms with Gasteiger partial charge in [0.15, 0.2) is 36.3 Å². The van der Waals surface area contributed by atoms with Crippen LogP contribution in [0.5, 0.6) is 11.5 Å². The molecule has 0 unspecified atom stereocenters. The minimum absolute atomic E-state index is 0.152. The van der Waals surface area contributed by atoms with Crippen molar-refractivity contribution in [1.29, 1.82) is 0 Å². The van der Waals surface area contributed by atoms with Crippen LogP contribution in [0.3, 0.4) is 0 Å². The van der Waals surface area contributed by atoms with Gasteiger partial charge in [-0.05, 0) is 0 Å². The van der Waals surface area contributed by atoms with Crippen LogP contribution < -0.4 is 9.47 Å². The molecule has 0 saturated carbocycles. The van der Waals surface area contributed by atoms with Gasteiger partial charge >= 0.3 is 12.4 Å². The molecule has 1 aromatic carbocycles. The summed E-state index contributed by atoms with van der Waals surface area (Å²) in [6.07, 6.45) is -9.92. The zero-order valence-corrected chi connectivity index (χ0v) is 9.71. The van der Waals surface area contributed by atoms with Gasteiger partial charge in [-0.15, -0.1) is 0 Å². The summed E-state index contributed by atoms with van der Waals surface area (Å²) in [4.78, 5) is 0. The quantitative estimate of drug-likeness (QED) is 0.778. The van der Waals surface area contributed by atoms with Crippen LogP contribution in [0.1, 0.15) is 0 Å². The third-order valence-corrected chi connectivity index (χ3v) is 1.85. The maximum absolute atomic E-state index is 13.5. The number of benzene rings is 1. The molecule has 0 N–H and O–H groups in total. The van der Waals surface area contributed by atoms with Gasteiger partial charge in [-0.25, -0.2) is 8.78 Å². The molecule has 0 saturated heterocycles. The minimum atomic E-state index is -4.96. The summed E-state index contributed by atoms with van der Waals surface area (Å²) in [5, 5.41) is 0. The standard InChI is InChI=1S/C10H5F9O2/c11-4-1-5(12)8(21-3-10(17,18)19)6(13)7(4)20-2-9(14,15)16/h1H,2-3H2. The molecule has 0 bridgehead atoms. The van der Waals surface area contributed by atoms with Crippen LogP contribution in [0.2, 0.25) is 0 Å². The highest BCUT2D eigenvalue weighted by Crippen LogP contribution is 2.34. The third kappa shape index (κ3) is 5.23. The molecule has 0 aromatic heterocycles. The summed E-state index contributed by atoms with van der Waals surface area (Å²) in [7, 11) is 0. The number of rotatable bonds is 4. The molecule has 0 fully saturated rings. The van der Waals surface area contributed by atoms with Gasteiger partial charge in [0, 0.05) is 6.07 Å². The smallest absolute Gasteiger partial charge is 0.422 e. The predicted octanol–water partition coefficient (Wildman–Crippen LogP) is 3.99. The molecule has 11 heteroatoms. The van der Waals surface area contributed by atoms with Crippen LogP contribution >= 0.6 is 0 Å². The van der Waals surface area contributed by atoms with Crippen LogP contribution in [0.25, 0.3) is 0 Å². The number of ether oxygens (including phenoxy) is 2. The van der Waals surface area contributed by atoms with Gasteiger partial charge in [0.2, 0.25) is 5.82 Å². The van der Waals surface area contributed by atoms with Gasteiger partial charge in [0.05, 0.1) is 0 Å². The molecule has 1 rings (SSSR count). The Morgan fingerprint density at radius 3 is 1.33 bits per heavy atom. The maximum Gasteiger partial charge on any atom is 0.422 e. The molecule has 0 spiro atoms. The summed E-state index contributed by atoms with van der Waals surface area (Å²) in [6.45, 7) is -4.24. The first-order valence-corrected chi connectivity index (χ1v) is 4.97. The van der Waals surface area contributed by atoms with Gasteiger partial charge in [0.25, 0.3) is 0 Å². The first-order chi connectivity index (χ1) is 9.41. The normalized spacial score (nSPS) is 12.4. The molecule has 0 amide bonds. The SMILES string of the molecule is Fc1cc(F)c(OCC(F)(F)F)c(F)c1OCC(F)(F)F. The average molecular weight is 328 g/mol. The first-order valence-electron chi connectivity index (χ1n) is 4.97. The highest BCUT2D eigenvalue weighted by Gasteiger charge is 2.33. The van der Waals surface area contributed by atoms with Gasteiger partial charge in [-0.3, -0.25) is 0 Å². The van der Waals surface area contributed by atoms with Crippen molar-refractivity contribution in [2.75, 3.05) is 13.2 Å². The van der Waals surface area contributed by atoms with E-state index in [1.54, 1.807) is 0 Å². The number of hydrogen-bond acceptors (Lipinski definition) is 2. The zero-order valence-electron chi connectivity index (χ0n) is 9.71. The lowest BCUT2D eigenvalue weighted by molar-refractivity contribution is -0.155. The van der Waals surface area contributed by atoms with Crippen molar-refractivity contribution in [3.05, 3.63) is 23.5 Å².